The summed E-state index contributed by atoms with van der Waals surface area (Å²) < 4.78 is 5.28. The van der Waals surface area contributed by atoms with Crippen LogP contribution in [-0.2, 0) is 0 Å². The molecule has 1 amide bonds. The van der Waals surface area contributed by atoms with E-state index in [0.29, 0.717) is 22.7 Å². The standard InChI is InChI=1S/C16H18N2O2/c1-10-4-7-14(15(8-10)20-3)18-16(19)13-9-12(17)6-5-11(13)2/h4-9H,17H2,1-3H3,(H,18,19). The van der Waals surface area contributed by atoms with Gasteiger partial charge in [-0.15, -0.1) is 0 Å². The molecule has 0 atom stereocenters. The van der Waals surface area contributed by atoms with Crippen LogP contribution >= 0.6 is 0 Å². The van der Waals surface area contributed by atoms with Gasteiger partial charge in [0.1, 0.15) is 5.75 Å². The summed E-state index contributed by atoms with van der Waals surface area (Å²) in [6.07, 6.45) is 0. The van der Waals surface area contributed by atoms with Gasteiger partial charge in [0.25, 0.3) is 5.91 Å². The zero-order chi connectivity index (χ0) is 14.7. The molecule has 4 heteroatoms. The summed E-state index contributed by atoms with van der Waals surface area (Å²) in [5.41, 5.74) is 9.45. The van der Waals surface area contributed by atoms with Crippen molar-refractivity contribution in [1.82, 2.24) is 0 Å². The maximum Gasteiger partial charge on any atom is 0.256 e. The van der Waals surface area contributed by atoms with E-state index in [1.165, 1.54) is 0 Å². The van der Waals surface area contributed by atoms with E-state index in [2.05, 4.69) is 5.32 Å². The van der Waals surface area contributed by atoms with Gasteiger partial charge in [-0.2, -0.15) is 0 Å². The third-order valence-electron chi connectivity index (χ3n) is 3.11. The van der Waals surface area contributed by atoms with Crippen molar-refractivity contribution in [2.75, 3.05) is 18.2 Å². The Morgan fingerprint density at radius 2 is 1.90 bits per heavy atom. The average Bonchev–Trinajstić information content (AvgIpc) is 2.43. The summed E-state index contributed by atoms with van der Waals surface area (Å²) in [6, 6.07) is 10.9. The predicted molar refractivity (Wildman–Crippen MR) is 81.3 cm³/mol. The lowest BCUT2D eigenvalue weighted by Gasteiger charge is -2.12. The highest BCUT2D eigenvalue weighted by Crippen LogP contribution is 2.26. The largest absolute Gasteiger partial charge is 0.495 e. The van der Waals surface area contributed by atoms with Gasteiger partial charge in [0, 0.05) is 11.3 Å². The Balaban J connectivity index is 2.30. The molecule has 20 heavy (non-hydrogen) atoms. The van der Waals surface area contributed by atoms with Crippen molar-refractivity contribution >= 4 is 17.3 Å². The first-order valence-electron chi connectivity index (χ1n) is 6.33. The van der Waals surface area contributed by atoms with Gasteiger partial charge >= 0.3 is 0 Å². The van der Waals surface area contributed by atoms with E-state index in [1.54, 1.807) is 19.2 Å². The average molecular weight is 270 g/mol. The van der Waals surface area contributed by atoms with Crippen molar-refractivity contribution in [3.63, 3.8) is 0 Å². The van der Waals surface area contributed by atoms with Crippen molar-refractivity contribution in [3.8, 4) is 5.75 Å². The highest BCUT2D eigenvalue weighted by Gasteiger charge is 2.12. The summed E-state index contributed by atoms with van der Waals surface area (Å²) in [6.45, 7) is 3.84. The number of hydrogen-bond donors (Lipinski definition) is 2. The second-order valence-electron chi connectivity index (χ2n) is 4.73. The Morgan fingerprint density at radius 1 is 1.15 bits per heavy atom. The number of rotatable bonds is 3. The summed E-state index contributed by atoms with van der Waals surface area (Å²) in [5.74, 6) is 0.442. The molecule has 0 aliphatic rings. The minimum atomic E-state index is -0.197. The van der Waals surface area contributed by atoms with Crippen LogP contribution in [-0.4, -0.2) is 13.0 Å². The predicted octanol–water partition coefficient (Wildman–Crippen LogP) is 3.15. The Labute approximate surface area is 118 Å². The first-order valence-corrected chi connectivity index (χ1v) is 6.33. The molecule has 0 unspecified atom stereocenters. The van der Waals surface area contributed by atoms with E-state index >= 15 is 0 Å². The van der Waals surface area contributed by atoms with Crippen LogP contribution < -0.4 is 15.8 Å². The van der Waals surface area contributed by atoms with E-state index in [0.717, 1.165) is 11.1 Å². The Hall–Kier alpha value is -2.49. The fraction of sp³-hybridized carbons (Fsp3) is 0.188. The van der Waals surface area contributed by atoms with Gasteiger partial charge in [0.05, 0.1) is 12.8 Å². The summed E-state index contributed by atoms with van der Waals surface area (Å²) in [7, 11) is 1.58. The zero-order valence-electron chi connectivity index (χ0n) is 11.9. The molecule has 3 N–H and O–H groups in total. The minimum Gasteiger partial charge on any atom is -0.495 e. The second-order valence-corrected chi connectivity index (χ2v) is 4.73. The first-order chi connectivity index (χ1) is 9.51. The lowest BCUT2D eigenvalue weighted by Crippen LogP contribution is -2.14. The summed E-state index contributed by atoms with van der Waals surface area (Å²) >= 11 is 0. The monoisotopic (exact) mass is 270 g/mol. The number of anilines is 2. The molecular formula is C16H18N2O2. The van der Waals surface area contributed by atoms with Crippen molar-refractivity contribution in [3.05, 3.63) is 53.1 Å². The van der Waals surface area contributed by atoms with Crippen LogP contribution in [0.5, 0.6) is 5.75 Å². The number of methoxy groups -OCH3 is 1. The molecule has 2 aromatic carbocycles. The fourth-order valence-electron chi connectivity index (χ4n) is 1.98. The maximum absolute atomic E-state index is 12.3. The number of nitrogens with one attached hydrogen (secondary N) is 1. The van der Waals surface area contributed by atoms with Gasteiger partial charge in [-0.25, -0.2) is 0 Å². The van der Waals surface area contributed by atoms with E-state index < -0.39 is 0 Å². The van der Waals surface area contributed by atoms with Gasteiger partial charge < -0.3 is 15.8 Å². The molecule has 0 fully saturated rings. The number of carbonyl (C=O) groups excluding carboxylic acids is 1. The van der Waals surface area contributed by atoms with E-state index in [4.69, 9.17) is 10.5 Å². The van der Waals surface area contributed by atoms with Crippen LogP contribution in [0, 0.1) is 13.8 Å². The molecular weight excluding hydrogens is 252 g/mol. The molecule has 0 radical (unpaired) electrons. The third-order valence-corrected chi connectivity index (χ3v) is 3.11. The quantitative estimate of drug-likeness (QED) is 0.842. The molecule has 0 aliphatic heterocycles. The highest BCUT2D eigenvalue weighted by molar-refractivity contribution is 6.06. The third kappa shape index (κ3) is 2.91. The molecule has 0 saturated heterocycles. The molecule has 4 nitrogen and oxygen atoms in total. The number of benzene rings is 2. The number of hydrogen-bond acceptors (Lipinski definition) is 3. The first kappa shape index (κ1) is 13.9. The molecule has 0 heterocycles. The number of nitrogen functional groups attached to an aromatic ring is 1. The van der Waals surface area contributed by atoms with Crippen molar-refractivity contribution in [2.24, 2.45) is 0 Å². The summed E-state index contributed by atoms with van der Waals surface area (Å²) in [5, 5.41) is 2.85. The lowest BCUT2D eigenvalue weighted by molar-refractivity contribution is 0.102. The summed E-state index contributed by atoms with van der Waals surface area (Å²) in [4.78, 5) is 12.3. The van der Waals surface area contributed by atoms with Crippen LogP contribution in [0.2, 0.25) is 0 Å². The molecule has 0 saturated carbocycles. The van der Waals surface area contributed by atoms with Gasteiger partial charge in [0.2, 0.25) is 0 Å². The molecule has 104 valence electrons. The Bertz CT molecular complexity index is 651. The van der Waals surface area contributed by atoms with Crippen molar-refractivity contribution in [2.45, 2.75) is 13.8 Å². The number of aryl methyl sites for hydroxylation is 2. The normalized spacial score (nSPS) is 10.2. The molecule has 0 aromatic heterocycles. The van der Waals surface area contributed by atoms with Gasteiger partial charge in [0.15, 0.2) is 0 Å². The van der Waals surface area contributed by atoms with Crippen LogP contribution in [0.3, 0.4) is 0 Å². The van der Waals surface area contributed by atoms with Crippen molar-refractivity contribution in [1.29, 1.82) is 0 Å². The van der Waals surface area contributed by atoms with Crippen molar-refractivity contribution < 1.29 is 9.53 Å². The number of ether oxygens (including phenoxy) is 1. The topological polar surface area (TPSA) is 64.3 Å². The minimum absolute atomic E-state index is 0.197. The van der Waals surface area contributed by atoms with Gasteiger partial charge in [-0.05, 0) is 49.2 Å². The van der Waals surface area contributed by atoms with Gasteiger partial charge in [-0.1, -0.05) is 12.1 Å². The molecule has 2 aromatic rings. The second kappa shape index (κ2) is 5.65. The Morgan fingerprint density at radius 3 is 2.60 bits per heavy atom. The highest BCUT2D eigenvalue weighted by atomic mass is 16.5. The zero-order valence-corrected chi connectivity index (χ0v) is 11.9. The fourth-order valence-corrected chi connectivity index (χ4v) is 1.98. The Kier molecular flexibility index (Phi) is 3.94. The molecule has 0 spiro atoms. The van der Waals surface area contributed by atoms with E-state index in [1.807, 2.05) is 38.1 Å². The number of amides is 1. The van der Waals surface area contributed by atoms with E-state index in [9.17, 15) is 4.79 Å². The van der Waals surface area contributed by atoms with Crippen LogP contribution in [0.15, 0.2) is 36.4 Å². The lowest BCUT2D eigenvalue weighted by atomic mass is 10.1. The van der Waals surface area contributed by atoms with Gasteiger partial charge in [-0.3, -0.25) is 4.79 Å². The maximum atomic E-state index is 12.3. The van der Waals surface area contributed by atoms with Crippen LogP contribution in [0.25, 0.3) is 0 Å². The molecule has 0 bridgehead atoms. The SMILES string of the molecule is COc1cc(C)ccc1NC(=O)c1cc(N)ccc1C. The molecule has 2 rings (SSSR count). The molecule has 0 aliphatic carbocycles. The van der Waals surface area contributed by atoms with E-state index in [-0.39, 0.29) is 5.91 Å². The van der Waals surface area contributed by atoms with Crippen LogP contribution in [0.4, 0.5) is 11.4 Å². The smallest absolute Gasteiger partial charge is 0.256 e. The van der Waals surface area contributed by atoms with Crippen LogP contribution in [0.1, 0.15) is 21.5 Å². The number of carbonyl (C=O) groups is 1. The number of nitrogens with two attached hydrogens (primary N) is 1.